The van der Waals surface area contributed by atoms with Gasteiger partial charge in [-0.3, -0.25) is 0 Å². The molecular weight excluding hydrogens is 777 g/mol. The van der Waals surface area contributed by atoms with Crippen LogP contribution in [0, 0.1) is 0 Å². The molecule has 2 heteroatoms. The number of hydrogen-bond donors (Lipinski definition) is 0. The second-order valence-corrected chi connectivity index (χ2v) is 17.9. The van der Waals surface area contributed by atoms with Gasteiger partial charge in [0, 0.05) is 49.6 Å². The molecule has 0 spiro atoms. The first-order valence-electron chi connectivity index (χ1n) is 22.3. The normalized spacial score (nSPS) is 13.5. The Labute approximate surface area is 371 Å². The van der Waals surface area contributed by atoms with E-state index in [-0.39, 0.29) is 11.3 Å². The number of furan rings is 2. The summed E-state index contributed by atoms with van der Waals surface area (Å²) >= 11 is 0. The fourth-order valence-electron chi connectivity index (χ4n) is 10.9. The summed E-state index contributed by atoms with van der Waals surface area (Å²) in [5, 5.41) is 6.89. The van der Waals surface area contributed by atoms with E-state index in [4.69, 9.17) is 8.83 Å². The Morgan fingerprint density at radius 2 is 0.953 bits per heavy atom. The molecule has 13 rings (SSSR count). The molecule has 1 aliphatic carbocycles. The van der Waals surface area contributed by atoms with E-state index in [0.717, 1.165) is 66.1 Å². The van der Waals surface area contributed by atoms with Gasteiger partial charge in [-0.15, -0.1) is 0 Å². The van der Waals surface area contributed by atoms with Crippen molar-refractivity contribution in [2.75, 3.05) is 0 Å². The molecule has 302 valence electrons. The van der Waals surface area contributed by atoms with Crippen molar-refractivity contribution in [3.05, 3.63) is 240 Å². The van der Waals surface area contributed by atoms with Crippen LogP contribution in [-0.4, -0.2) is 0 Å². The third-order valence-corrected chi connectivity index (χ3v) is 14.0. The maximum atomic E-state index is 7.39. The van der Waals surface area contributed by atoms with Crippen LogP contribution < -0.4 is 0 Å². The number of para-hydroxylation sites is 3. The second-order valence-electron chi connectivity index (χ2n) is 17.9. The third-order valence-electron chi connectivity index (χ3n) is 14.0. The minimum absolute atomic E-state index is 0.109. The van der Waals surface area contributed by atoms with Crippen molar-refractivity contribution in [3.8, 4) is 44.5 Å². The van der Waals surface area contributed by atoms with Crippen LogP contribution in [0.3, 0.4) is 0 Å². The maximum absolute atomic E-state index is 7.39. The molecule has 0 amide bonds. The smallest absolute Gasteiger partial charge is 0.143 e. The summed E-state index contributed by atoms with van der Waals surface area (Å²) in [4.78, 5) is 0. The van der Waals surface area contributed by atoms with Crippen molar-refractivity contribution < 1.29 is 8.83 Å². The van der Waals surface area contributed by atoms with Crippen LogP contribution in [0.25, 0.3) is 99.2 Å². The Morgan fingerprint density at radius 1 is 0.359 bits per heavy atom. The zero-order chi connectivity index (χ0) is 42.5. The minimum Gasteiger partial charge on any atom is -0.455 e. The zero-order valence-electron chi connectivity index (χ0n) is 35.6. The van der Waals surface area contributed by atoms with Gasteiger partial charge in [0.1, 0.15) is 22.3 Å². The lowest BCUT2D eigenvalue weighted by molar-refractivity contribution is 0.659. The molecule has 2 heterocycles. The molecule has 1 aliphatic rings. The summed E-state index contributed by atoms with van der Waals surface area (Å²) in [5.74, 6) is -0.109. The van der Waals surface area contributed by atoms with E-state index in [2.05, 4.69) is 214 Å². The summed E-state index contributed by atoms with van der Waals surface area (Å²) < 4.78 is 13.9. The molecule has 10 aromatic carbocycles. The molecule has 0 fully saturated rings. The van der Waals surface area contributed by atoms with E-state index in [1.54, 1.807) is 0 Å². The zero-order valence-corrected chi connectivity index (χ0v) is 35.6. The molecule has 0 bridgehead atoms. The van der Waals surface area contributed by atoms with Gasteiger partial charge in [0.25, 0.3) is 0 Å². The van der Waals surface area contributed by atoms with Crippen molar-refractivity contribution in [1.82, 2.24) is 0 Å². The lowest BCUT2D eigenvalue weighted by Crippen LogP contribution is -2.14. The summed E-state index contributed by atoms with van der Waals surface area (Å²) in [6.45, 7) is 4.71. The number of benzene rings is 10. The third kappa shape index (κ3) is 5.52. The van der Waals surface area contributed by atoms with Gasteiger partial charge in [0.15, 0.2) is 0 Å². The summed E-state index contributed by atoms with van der Waals surface area (Å²) in [5.41, 5.74) is 19.3. The average molecular weight is 819 g/mol. The lowest BCUT2D eigenvalue weighted by Gasteiger charge is -2.22. The molecule has 0 radical (unpaired) electrons. The lowest BCUT2D eigenvalue weighted by atomic mass is 9.81. The van der Waals surface area contributed by atoms with Crippen LogP contribution in [0.5, 0.6) is 0 Å². The highest BCUT2D eigenvalue weighted by Crippen LogP contribution is 2.51. The number of rotatable bonds is 6. The Kier molecular flexibility index (Phi) is 8.05. The van der Waals surface area contributed by atoms with Gasteiger partial charge < -0.3 is 8.83 Å². The molecule has 1 unspecified atom stereocenters. The van der Waals surface area contributed by atoms with Gasteiger partial charge in [-0.25, -0.2) is 0 Å². The first-order chi connectivity index (χ1) is 31.5. The predicted octanol–water partition coefficient (Wildman–Crippen LogP) is 17.1. The quantitative estimate of drug-likeness (QED) is 0.156. The molecule has 2 nitrogen and oxygen atoms in total. The van der Waals surface area contributed by atoms with Gasteiger partial charge in [-0.2, -0.15) is 0 Å². The molecule has 2 aromatic heterocycles. The standard InChI is InChI=1S/C62H42O2/c1-62(2)54-24-10-8-18-47(54)48-35-34-44(37-55(48)62)58-45-17-7-6-16-43(45)36-53-51-22-13-23-52(60(51)64-61(53)58)57(41-30-26-39(27-31-41)38-14-4-3-5-15-38)42-32-28-40(29-33-42)46-20-12-21-50-49-19-9-11-25-56(49)63-59(46)50/h3-37,57H,1-2H3. The maximum Gasteiger partial charge on any atom is 0.143 e. The van der Waals surface area contributed by atoms with Crippen LogP contribution in [-0.2, 0) is 5.41 Å². The summed E-state index contributed by atoms with van der Waals surface area (Å²) in [7, 11) is 0. The van der Waals surface area contributed by atoms with Gasteiger partial charge in [0.2, 0.25) is 0 Å². The largest absolute Gasteiger partial charge is 0.455 e. The summed E-state index contributed by atoms with van der Waals surface area (Å²) in [6.07, 6.45) is 0. The van der Waals surface area contributed by atoms with Crippen molar-refractivity contribution in [1.29, 1.82) is 0 Å². The van der Waals surface area contributed by atoms with E-state index in [9.17, 15) is 0 Å². The Bertz CT molecular complexity index is 3790. The van der Waals surface area contributed by atoms with Crippen LogP contribution >= 0.6 is 0 Å². The minimum atomic E-state index is -0.121. The number of hydrogen-bond acceptors (Lipinski definition) is 2. The molecule has 12 aromatic rings. The molecule has 0 saturated carbocycles. The van der Waals surface area contributed by atoms with Crippen molar-refractivity contribution in [2.45, 2.75) is 25.2 Å². The fraction of sp³-hybridized carbons (Fsp3) is 0.0645. The molecular formula is C62H42O2. The van der Waals surface area contributed by atoms with Crippen molar-refractivity contribution >= 4 is 54.6 Å². The monoisotopic (exact) mass is 818 g/mol. The average Bonchev–Trinajstić information content (AvgIpc) is 3.99. The summed E-state index contributed by atoms with van der Waals surface area (Å²) in [6, 6.07) is 77.2. The van der Waals surface area contributed by atoms with E-state index in [0.29, 0.717) is 0 Å². The Balaban J connectivity index is 1.00. The first-order valence-corrected chi connectivity index (χ1v) is 22.3. The van der Waals surface area contributed by atoms with Crippen molar-refractivity contribution in [3.63, 3.8) is 0 Å². The molecule has 1 atom stereocenters. The van der Waals surface area contributed by atoms with E-state index < -0.39 is 0 Å². The van der Waals surface area contributed by atoms with E-state index in [1.165, 1.54) is 60.8 Å². The van der Waals surface area contributed by atoms with Gasteiger partial charge in [-0.05, 0) is 84.6 Å². The second kappa shape index (κ2) is 14.0. The van der Waals surface area contributed by atoms with Gasteiger partial charge in [-0.1, -0.05) is 208 Å². The van der Waals surface area contributed by atoms with E-state index >= 15 is 0 Å². The van der Waals surface area contributed by atoms with Gasteiger partial charge in [0.05, 0.1) is 0 Å². The van der Waals surface area contributed by atoms with Crippen LogP contribution in [0.1, 0.15) is 47.6 Å². The molecule has 0 saturated heterocycles. The van der Waals surface area contributed by atoms with Crippen LogP contribution in [0.2, 0.25) is 0 Å². The SMILES string of the molecule is CC1(C)c2ccccc2-c2ccc(-c3c4ccccc4cc4c3oc3c(C(c5ccc(-c6ccccc6)cc5)c5ccc(-c6cccc7c6oc6ccccc67)cc5)cccc34)cc21. The first kappa shape index (κ1) is 36.7. The fourth-order valence-corrected chi connectivity index (χ4v) is 10.9. The van der Waals surface area contributed by atoms with Crippen LogP contribution in [0.4, 0.5) is 0 Å². The van der Waals surface area contributed by atoms with E-state index in [1.807, 2.05) is 12.1 Å². The molecule has 0 N–H and O–H groups in total. The molecule has 64 heavy (non-hydrogen) atoms. The Hall–Kier alpha value is -7.94. The van der Waals surface area contributed by atoms with Crippen molar-refractivity contribution in [2.24, 2.45) is 0 Å². The topological polar surface area (TPSA) is 26.3 Å². The van der Waals surface area contributed by atoms with Crippen LogP contribution in [0.15, 0.2) is 221 Å². The highest BCUT2D eigenvalue weighted by atomic mass is 16.3. The predicted molar refractivity (Wildman–Crippen MR) is 266 cm³/mol. The number of fused-ring (bicyclic) bond motifs is 10. The highest BCUT2D eigenvalue weighted by Gasteiger charge is 2.35. The highest BCUT2D eigenvalue weighted by molar-refractivity contribution is 6.19. The van der Waals surface area contributed by atoms with Gasteiger partial charge >= 0.3 is 0 Å². The molecule has 0 aliphatic heterocycles. The Morgan fingerprint density at radius 3 is 1.77 bits per heavy atom.